The van der Waals surface area contributed by atoms with E-state index in [4.69, 9.17) is 9.84 Å². The number of nitrogens with zero attached hydrogens (tertiary/aromatic N) is 2. The summed E-state index contributed by atoms with van der Waals surface area (Å²) in [6.45, 7) is 4.51. The van der Waals surface area contributed by atoms with Crippen molar-refractivity contribution in [3.05, 3.63) is 40.0 Å². The van der Waals surface area contributed by atoms with Crippen molar-refractivity contribution in [2.45, 2.75) is 19.8 Å². The molecule has 3 rings (SSSR count). The maximum atomic E-state index is 5.45. The highest BCUT2D eigenvalue weighted by atomic mass is 79.9. The first-order valence-electron chi connectivity index (χ1n) is 6.98. The lowest BCUT2D eigenvalue weighted by molar-refractivity contribution is 0.150. The number of rotatable bonds is 5. The van der Waals surface area contributed by atoms with Crippen molar-refractivity contribution in [2.75, 3.05) is 25.1 Å². The van der Waals surface area contributed by atoms with Crippen LogP contribution in [0.5, 0.6) is 0 Å². The van der Waals surface area contributed by atoms with E-state index in [0.717, 1.165) is 54.3 Å². The maximum Gasteiger partial charge on any atom is 0.133 e. The van der Waals surface area contributed by atoms with E-state index in [9.17, 15) is 0 Å². The Morgan fingerprint density at radius 3 is 2.90 bits per heavy atom. The zero-order valence-corrected chi connectivity index (χ0v) is 13.1. The van der Waals surface area contributed by atoms with E-state index in [1.807, 2.05) is 23.7 Å². The summed E-state index contributed by atoms with van der Waals surface area (Å²) < 4.78 is 8.54. The molecule has 2 aromatic rings. The van der Waals surface area contributed by atoms with Crippen LogP contribution in [-0.4, -0.2) is 29.5 Å². The van der Waals surface area contributed by atoms with Gasteiger partial charge in [-0.1, -0.05) is 15.9 Å². The molecule has 1 aromatic heterocycles. The van der Waals surface area contributed by atoms with Gasteiger partial charge in [0.1, 0.15) is 5.82 Å². The Bertz CT molecular complexity index is 592. The van der Waals surface area contributed by atoms with Crippen molar-refractivity contribution in [3.8, 4) is 5.69 Å². The fraction of sp³-hybridized carbons (Fsp3) is 0.400. The molecule has 1 N–H and O–H groups in total. The van der Waals surface area contributed by atoms with E-state index in [-0.39, 0.29) is 0 Å². The molecule has 20 heavy (non-hydrogen) atoms. The Morgan fingerprint density at radius 2 is 2.15 bits per heavy atom. The third-order valence-electron chi connectivity index (χ3n) is 3.49. The predicted molar refractivity (Wildman–Crippen MR) is 83.7 cm³/mol. The Balaban J connectivity index is 1.91. The van der Waals surface area contributed by atoms with Gasteiger partial charge < -0.3 is 10.1 Å². The van der Waals surface area contributed by atoms with Crippen molar-refractivity contribution in [1.82, 2.24) is 9.78 Å². The molecular weight excluding hydrogens is 318 g/mol. The lowest BCUT2D eigenvalue weighted by atomic mass is 10.1. The normalized spacial score (nSPS) is 13.3. The summed E-state index contributed by atoms with van der Waals surface area (Å²) >= 11 is 3.47. The van der Waals surface area contributed by atoms with Gasteiger partial charge in [-0.15, -0.1) is 0 Å². The van der Waals surface area contributed by atoms with Gasteiger partial charge in [-0.05, 0) is 37.6 Å². The molecule has 0 aliphatic carbocycles. The van der Waals surface area contributed by atoms with Crippen LogP contribution in [0.15, 0.2) is 28.7 Å². The van der Waals surface area contributed by atoms with Gasteiger partial charge in [-0.2, -0.15) is 5.10 Å². The molecule has 0 saturated heterocycles. The largest absolute Gasteiger partial charge is 0.381 e. The molecule has 4 nitrogen and oxygen atoms in total. The van der Waals surface area contributed by atoms with Crippen LogP contribution in [-0.2, 0) is 17.6 Å². The zero-order valence-electron chi connectivity index (χ0n) is 11.5. The van der Waals surface area contributed by atoms with Crippen LogP contribution >= 0.6 is 15.9 Å². The minimum atomic E-state index is 0.736. The second-order valence-electron chi connectivity index (χ2n) is 4.79. The number of ether oxygens (including phenoxy) is 1. The van der Waals surface area contributed by atoms with E-state index in [0.29, 0.717) is 0 Å². The van der Waals surface area contributed by atoms with Crippen LogP contribution in [0.25, 0.3) is 5.69 Å². The molecule has 1 aromatic carbocycles. The summed E-state index contributed by atoms with van der Waals surface area (Å²) in [7, 11) is 0. The number of anilines is 1. The summed E-state index contributed by atoms with van der Waals surface area (Å²) in [5.41, 5.74) is 3.58. The average Bonchev–Trinajstić information content (AvgIpc) is 3.04. The second kappa shape index (κ2) is 5.97. The Kier molecular flexibility index (Phi) is 4.08. The molecule has 0 fully saturated rings. The minimum Gasteiger partial charge on any atom is -0.381 e. The van der Waals surface area contributed by atoms with Gasteiger partial charge in [-0.25, -0.2) is 4.68 Å². The molecule has 0 bridgehead atoms. The molecule has 5 heteroatoms. The van der Waals surface area contributed by atoms with E-state index >= 15 is 0 Å². The summed E-state index contributed by atoms with van der Waals surface area (Å²) in [5.74, 6) is 1.14. The predicted octanol–water partition coefficient (Wildman–Crippen LogP) is 3.18. The summed E-state index contributed by atoms with van der Waals surface area (Å²) in [5, 5.41) is 8.20. The van der Waals surface area contributed by atoms with E-state index < -0.39 is 0 Å². The molecule has 0 saturated carbocycles. The van der Waals surface area contributed by atoms with Gasteiger partial charge in [-0.3, -0.25) is 0 Å². The first-order valence-corrected chi connectivity index (χ1v) is 7.77. The van der Waals surface area contributed by atoms with Crippen LogP contribution in [0.2, 0.25) is 0 Å². The van der Waals surface area contributed by atoms with Crippen molar-refractivity contribution < 1.29 is 4.74 Å². The highest BCUT2D eigenvalue weighted by Gasteiger charge is 2.22. The van der Waals surface area contributed by atoms with E-state index in [2.05, 4.69) is 33.4 Å². The van der Waals surface area contributed by atoms with Gasteiger partial charge in [0.15, 0.2) is 0 Å². The molecule has 1 aliphatic heterocycles. The SMILES string of the molecule is CCOCCc1nn(-c2ccc(Br)cc2)c2c1CCN2. The highest BCUT2D eigenvalue weighted by molar-refractivity contribution is 9.10. The summed E-state index contributed by atoms with van der Waals surface area (Å²) in [6.07, 6.45) is 1.93. The zero-order chi connectivity index (χ0) is 13.9. The van der Waals surface area contributed by atoms with Crippen LogP contribution in [0.3, 0.4) is 0 Å². The number of benzene rings is 1. The molecule has 0 spiro atoms. The van der Waals surface area contributed by atoms with Gasteiger partial charge in [0.25, 0.3) is 0 Å². The number of halogens is 1. The monoisotopic (exact) mass is 335 g/mol. The number of aromatic nitrogens is 2. The van der Waals surface area contributed by atoms with E-state index in [1.165, 1.54) is 5.56 Å². The van der Waals surface area contributed by atoms with Crippen LogP contribution < -0.4 is 5.32 Å². The Morgan fingerprint density at radius 1 is 1.35 bits per heavy atom. The van der Waals surface area contributed by atoms with Gasteiger partial charge in [0.05, 0.1) is 18.0 Å². The Labute approximate surface area is 127 Å². The second-order valence-corrected chi connectivity index (χ2v) is 5.70. The number of fused-ring (bicyclic) bond motifs is 1. The number of hydrogen-bond acceptors (Lipinski definition) is 3. The first kappa shape index (κ1) is 13.6. The standard InChI is InChI=1S/C15H18BrN3O/c1-2-20-10-8-14-13-7-9-17-15(13)19(18-14)12-5-3-11(16)4-6-12/h3-6,17H,2,7-10H2,1H3. The smallest absolute Gasteiger partial charge is 0.133 e. The van der Waals surface area contributed by atoms with Gasteiger partial charge in [0, 0.05) is 29.6 Å². The number of hydrogen-bond donors (Lipinski definition) is 1. The molecular formula is C15H18BrN3O. The summed E-state index contributed by atoms with van der Waals surface area (Å²) in [4.78, 5) is 0. The molecule has 1 aliphatic rings. The molecule has 0 radical (unpaired) electrons. The molecule has 106 valence electrons. The quantitative estimate of drug-likeness (QED) is 0.853. The van der Waals surface area contributed by atoms with Crippen LogP contribution in [0.1, 0.15) is 18.2 Å². The lowest BCUT2D eigenvalue weighted by Crippen LogP contribution is -2.06. The fourth-order valence-corrected chi connectivity index (χ4v) is 2.79. The highest BCUT2D eigenvalue weighted by Crippen LogP contribution is 2.29. The minimum absolute atomic E-state index is 0.736. The van der Waals surface area contributed by atoms with Crippen molar-refractivity contribution in [3.63, 3.8) is 0 Å². The van der Waals surface area contributed by atoms with Gasteiger partial charge in [0.2, 0.25) is 0 Å². The molecule has 0 amide bonds. The van der Waals surface area contributed by atoms with Crippen LogP contribution in [0.4, 0.5) is 5.82 Å². The average molecular weight is 336 g/mol. The molecule has 2 heterocycles. The third-order valence-corrected chi connectivity index (χ3v) is 4.02. The van der Waals surface area contributed by atoms with Crippen LogP contribution in [0, 0.1) is 0 Å². The fourth-order valence-electron chi connectivity index (χ4n) is 2.53. The maximum absolute atomic E-state index is 5.45. The van der Waals surface area contributed by atoms with E-state index in [1.54, 1.807) is 0 Å². The topological polar surface area (TPSA) is 39.1 Å². The molecule has 0 atom stereocenters. The lowest BCUT2D eigenvalue weighted by Gasteiger charge is -2.06. The summed E-state index contributed by atoms with van der Waals surface area (Å²) in [6, 6.07) is 8.23. The first-order chi connectivity index (χ1) is 9.79. The van der Waals surface area contributed by atoms with Crippen molar-refractivity contribution in [2.24, 2.45) is 0 Å². The van der Waals surface area contributed by atoms with Crippen molar-refractivity contribution in [1.29, 1.82) is 0 Å². The van der Waals surface area contributed by atoms with Gasteiger partial charge >= 0.3 is 0 Å². The number of nitrogens with one attached hydrogen (secondary N) is 1. The molecule has 0 unspecified atom stereocenters. The third kappa shape index (κ3) is 2.60. The van der Waals surface area contributed by atoms with Crippen molar-refractivity contribution >= 4 is 21.7 Å². The Hall–Kier alpha value is -1.33.